The van der Waals surface area contributed by atoms with Crippen LogP contribution in [0, 0.1) is 0 Å². The molecule has 0 aromatic heterocycles. The topological polar surface area (TPSA) is 60.8 Å². The Kier molecular flexibility index (Phi) is 3.62. The molecule has 0 radical (unpaired) electrons. The highest BCUT2D eigenvalue weighted by Gasteiger charge is 2.31. The number of carboxylic acids is 1. The van der Waals surface area contributed by atoms with Crippen LogP contribution in [0.1, 0.15) is 16.7 Å². The van der Waals surface area contributed by atoms with Gasteiger partial charge in [0, 0.05) is 13.1 Å². The Morgan fingerprint density at radius 3 is 2.62 bits per heavy atom. The number of rotatable bonds is 3. The Balaban J connectivity index is 1.87. The summed E-state index contributed by atoms with van der Waals surface area (Å²) in [6.45, 7) is 1.13. The zero-order chi connectivity index (χ0) is 14.8. The van der Waals surface area contributed by atoms with Crippen molar-refractivity contribution in [1.29, 1.82) is 0 Å². The lowest BCUT2D eigenvalue weighted by atomic mass is 9.93. The molecular formula is C17H17NO3. The quantitative estimate of drug-likeness (QED) is 0.908. The second kappa shape index (κ2) is 5.58. The maximum absolute atomic E-state index is 11.5. The third-order valence-electron chi connectivity index (χ3n) is 3.93. The van der Waals surface area contributed by atoms with Crippen molar-refractivity contribution in [2.45, 2.75) is 25.6 Å². The van der Waals surface area contributed by atoms with E-state index in [2.05, 4.69) is 0 Å². The first-order chi connectivity index (χ1) is 10.1. The van der Waals surface area contributed by atoms with Crippen molar-refractivity contribution >= 4 is 5.97 Å². The van der Waals surface area contributed by atoms with Gasteiger partial charge in [-0.25, -0.2) is 0 Å². The van der Waals surface area contributed by atoms with Gasteiger partial charge in [0.1, 0.15) is 11.8 Å². The van der Waals surface area contributed by atoms with Crippen LogP contribution in [0.5, 0.6) is 5.75 Å². The summed E-state index contributed by atoms with van der Waals surface area (Å²) >= 11 is 0. The predicted molar refractivity (Wildman–Crippen MR) is 78.9 cm³/mol. The number of fused-ring (bicyclic) bond motifs is 1. The third-order valence-corrected chi connectivity index (χ3v) is 3.93. The average molecular weight is 283 g/mol. The second-order valence-electron chi connectivity index (χ2n) is 5.40. The lowest BCUT2D eigenvalue weighted by Crippen LogP contribution is -2.44. The number of aromatic hydroxyl groups is 1. The number of aliphatic carboxylic acids is 1. The maximum Gasteiger partial charge on any atom is 0.321 e. The van der Waals surface area contributed by atoms with Crippen LogP contribution in [-0.2, 0) is 24.3 Å². The minimum absolute atomic E-state index is 0.205. The number of phenolic OH excluding ortho intramolecular Hbond substituents is 1. The number of benzene rings is 2. The van der Waals surface area contributed by atoms with E-state index in [0.717, 1.165) is 11.1 Å². The van der Waals surface area contributed by atoms with Crippen molar-refractivity contribution in [2.75, 3.05) is 0 Å². The van der Waals surface area contributed by atoms with Crippen molar-refractivity contribution in [3.8, 4) is 5.75 Å². The van der Waals surface area contributed by atoms with Gasteiger partial charge in [0.05, 0.1) is 0 Å². The molecule has 2 N–H and O–H groups in total. The highest BCUT2D eigenvalue weighted by molar-refractivity contribution is 5.74. The molecule has 1 aliphatic rings. The molecule has 0 bridgehead atoms. The van der Waals surface area contributed by atoms with Gasteiger partial charge in [-0.15, -0.1) is 0 Å². The molecule has 2 aromatic carbocycles. The number of hydrogen-bond donors (Lipinski definition) is 2. The zero-order valence-corrected chi connectivity index (χ0v) is 11.6. The summed E-state index contributed by atoms with van der Waals surface area (Å²) in [7, 11) is 0. The molecule has 0 spiro atoms. The highest BCUT2D eigenvalue weighted by atomic mass is 16.4. The van der Waals surface area contributed by atoms with Gasteiger partial charge in [-0.1, -0.05) is 36.4 Å². The first kappa shape index (κ1) is 13.6. The summed E-state index contributed by atoms with van der Waals surface area (Å²) < 4.78 is 0. The first-order valence-electron chi connectivity index (χ1n) is 6.95. The van der Waals surface area contributed by atoms with E-state index in [0.29, 0.717) is 19.5 Å². The fourth-order valence-electron chi connectivity index (χ4n) is 2.88. The zero-order valence-electron chi connectivity index (χ0n) is 11.6. The number of nitrogens with zero attached hydrogens (tertiary/aromatic N) is 1. The summed E-state index contributed by atoms with van der Waals surface area (Å²) in [6, 6.07) is 14.4. The minimum Gasteiger partial charge on any atom is -0.508 e. The molecule has 2 aromatic rings. The van der Waals surface area contributed by atoms with E-state index in [-0.39, 0.29) is 5.75 Å². The average Bonchev–Trinajstić information content (AvgIpc) is 2.46. The van der Waals surface area contributed by atoms with Gasteiger partial charge in [0.15, 0.2) is 0 Å². The molecule has 108 valence electrons. The van der Waals surface area contributed by atoms with Gasteiger partial charge < -0.3 is 10.2 Å². The first-order valence-corrected chi connectivity index (χ1v) is 6.95. The van der Waals surface area contributed by atoms with E-state index in [1.165, 1.54) is 5.56 Å². The number of carboxylic acid groups (broad SMARTS) is 1. The van der Waals surface area contributed by atoms with Gasteiger partial charge in [-0.3, -0.25) is 9.69 Å². The molecule has 3 rings (SSSR count). The van der Waals surface area contributed by atoms with E-state index >= 15 is 0 Å². The SMILES string of the molecule is O=C(O)C1Cc2ccccc2CN1Cc1cccc(O)c1. The van der Waals surface area contributed by atoms with E-state index in [4.69, 9.17) is 0 Å². The molecule has 4 nitrogen and oxygen atoms in total. The lowest BCUT2D eigenvalue weighted by Gasteiger charge is -2.34. The molecule has 1 atom stereocenters. The molecule has 0 fully saturated rings. The summed E-state index contributed by atoms with van der Waals surface area (Å²) in [5.41, 5.74) is 3.20. The van der Waals surface area contributed by atoms with Crippen LogP contribution in [-0.4, -0.2) is 27.1 Å². The van der Waals surface area contributed by atoms with Crippen molar-refractivity contribution in [3.05, 3.63) is 65.2 Å². The van der Waals surface area contributed by atoms with Crippen LogP contribution >= 0.6 is 0 Å². The van der Waals surface area contributed by atoms with E-state index in [9.17, 15) is 15.0 Å². The van der Waals surface area contributed by atoms with E-state index < -0.39 is 12.0 Å². The standard InChI is InChI=1S/C17H17NO3/c19-15-7-3-4-12(8-15)10-18-11-14-6-2-1-5-13(14)9-16(18)17(20)21/h1-8,16,19H,9-11H2,(H,20,21). The smallest absolute Gasteiger partial charge is 0.321 e. The molecule has 1 unspecified atom stereocenters. The van der Waals surface area contributed by atoms with E-state index in [1.807, 2.05) is 35.2 Å². The summed E-state index contributed by atoms with van der Waals surface area (Å²) in [5.74, 6) is -0.596. The van der Waals surface area contributed by atoms with Crippen LogP contribution in [0.2, 0.25) is 0 Å². The number of hydrogen-bond acceptors (Lipinski definition) is 3. The van der Waals surface area contributed by atoms with Crippen molar-refractivity contribution in [2.24, 2.45) is 0 Å². The maximum atomic E-state index is 11.5. The number of phenols is 1. The minimum atomic E-state index is -0.801. The highest BCUT2D eigenvalue weighted by Crippen LogP contribution is 2.25. The molecule has 4 heteroatoms. The predicted octanol–water partition coefficient (Wildman–Crippen LogP) is 2.40. The Hall–Kier alpha value is -2.33. The monoisotopic (exact) mass is 283 g/mol. The van der Waals surface area contributed by atoms with Gasteiger partial charge >= 0.3 is 5.97 Å². The molecule has 1 heterocycles. The van der Waals surface area contributed by atoms with Crippen LogP contribution in [0.25, 0.3) is 0 Å². The van der Waals surface area contributed by atoms with Gasteiger partial charge in [0.25, 0.3) is 0 Å². The number of carbonyl (C=O) groups is 1. The molecule has 0 amide bonds. The summed E-state index contributed by atoms with van der Waals surface area (Å²) in [4.78, 5) is 13.5. The molecule has 0 saturated carbocycles. The fraction of sp³-hybridized carbons (Fsp3) is 0.235. The molecule has 21 heavy (non-hydrogen) atoms. The summed E-state index contributed by atoms with van der Waals surface area (Å²) in [6.07, 6.45) is 0.518. The van der Waals surface area contributed by atoms with Crippen LogP contribution in [0.4, 0.5) is 0 Å². The second-order valence-corrected chi connectivity index (χ2v) is 5.40. The Morgan fingerprint density at radius 2 is 1.90 bits per heavy atom. The van der Waals surface area contributed by atoms with Gasteiger partial charge in [0.2, 0.25) is 0 Å². The Morgan fingerprint density at radius 1 is 1.14 bits per heavy atom. The fourth-order valence-corrected chi connectivity index (χ4v) is 2.88. The van der Waals surface area contributed by atoms with Crippen LogP contribution < -0.4 is 0 Å². The third kappa shape index (κ3) is 2.90. The lowest BCUT2D eigenvalue weighted by molar-refractivity contribution is -0.144. The van der Waals surface area contributed by atoms with Gasteiger partial charge in [-0.05, 0) is 35.2 Å². The van der Waals surface area contributed by atoms with Crippen LogP contribution in [0.3, 0.4) is 0 Å². The summed E-state index contributed by atoms with van der Waals surface area (Å²) in [5, 5.41) is 19.0. The van der Waals surface area contributed by atoms with Crippen molar-refractivity contribution in [1.82, 2.24) is 4.90 Å². The largest absolute Gasteiger partial charge is 0.508 e. The normalized spacial score (nSPS) is 18.2. The molecule has 0 aliphatic carbocycles. The van der Waals surface area contributed by atoms with Crippen molar-refractivity contribution in [3.63, 3.8) is 0 Å². The Labute approximate surface area is 123 Å². The van der Waals surface area contributed by atoms with Crippen molar-refractivity contribution < 1.29 is 15.0 Å². The molecule has 0 saturated heterocycles. The Bertz CT molecular complexity index is 669. The van der Waals surface area contributed by atoms with Gasteiger partial charge in [-0.2, -0.15) is 0 Å². The molecular weight excluding hydrogens is 266 g/mol. The van der Waals surface area contributed by atoms with E-state index in [1.54, 1.807) is 18.2 Å². The molecule has 1 aliphatic heterocycles. The van der Waals surface area contributed by atoms with Crippen LogP contribution in [0.15, 0.2) is 48.5 Å².